The lowest BCUT2D eigenvalue weighted by Gasteiger charge is -2.21. The number of fused-ring (bicyclic) bond motifs is 2. The Hall–Kier alpha value is -3.27. The molecule has 0 fully saturated rings. The number of amides is 1. The zero-order chi connectivity index (χ0) is 24.0. The van der Waals surface area contributed by atoms with Crippen LogP contribution in [-0.4, -0.2) is 41.4 Å². The van der Waals surface area contributed by atoms with Crippen molar-refractivity contribution in [2.24, 2.45) is 0 Å². The Balaban J connectivity index is 1.41. The highest BCUT2D eigenvalue weighted by Crippen LogP contribution is 2.35. The number of nitrogens with one attached hydrogen (secondary N) is 1. The van der Waals surface area contributed by atoms with Gasteiger partial charge in [-0.1, -0.05) is 6.42 Å². The van der Waals surface area contributed by atoms with Gasteiger partial charge in [0.05, 0.1) is 17.6 Å². The number of aryl methyl sites for hydroxylation is 1. The molecule has 2 aliphatic heterocycles. The molecule has 1 amide bonds. The summed E-state index contributed by atoms with van der Waals surface area (Å²) in [5, 5.41) is 11.3. The van der Waals surface area contributed by atoms with E-state index in [1.165, 1.54) is 16.6 Å². The van der Waals surface area contributed by atoms with Crippen molar-refractivity contribution >= 4 is 27.3 Å². The first-order chi connectivity index (χ1) is 16.2. The fraction of sp³-hybridized carbons (Fsp3) is 0.375. The number of aromatic nitrogens is 3. The van der Waals surface area contributed by atoms with Crippen molar-refractivity contribution in [3.05, 3.63) is 59.2 Å². The summed E-state index contributed by atoms with van der Waals surface area (Å²) in [5.74, 6) is 0.577. The lowest BCUT2D eigenvalue weighted by molar-refractivity contribution is 0.102. The second-order valence-electron chi connectivity index (χ2n) is 9.01. The summed E-state index contributed by atoms with van der Waals surface area (Å²) < 4.78 is 42.3. The molecule has 178 valence electrons. The quantitative estimate of drug-likeness (QED) is 0.609. The number of benzene rings is 2. The monoisotopic (exact) mass is 483 g/mol. The van der Waals surface area contributed by atoms with Crippen LogP contribution in [0, 0.1) is 5.82 Å². The Kier molecular flexibility index (Phi) is 5.63. The number of halogens is 1. The van der Waals surface area contributed by atoms with E-state index < -0.39 is 21.7 Å². The maximum absolute atomic E-state index is 14.6. The van der Waals surface area contributed by atoms with Gasteiger partial charge in [0.1, 0.15) is 11.6 Å². The lowest BCUT2D eigenvalue weighted by atomic mass is 10.1. The predicted molar refractivity (Wildman–Crippen MR) is 128 cm³/mol. The fourth-order valence-corrected chi connectivity index (χ4v) is 6.17. The van der Waals surface area contributed by atoms with Crippen molar-refractivity contribution in [2.45, 2.75) is 51.6 Å². The van der Waals surface area contributed by atoms with E-state index in [1.807, 2.05) is 6.92 Å². The summed E-state index contributed by atoms with van der Waals surface area (Å²) in [5.41, 5.74) is 2.42. The molecule has 10 heteroatoms. The van der Waals surface area contributed by atoms with Gasteiger partial charge in [-0.15, -0.1) is 10.2 Å². The summed E-state index contributed by atoms with van der Waals surface area (Å²) >= 11 is 0. The average molecular weight is 484 g/mol. The van der Waals surface area contributed by atoms with Crippen molar-refractivity contribution in [3.8, 4) is 11.4 Å². The molecule has 0 radical (unpaired) electrons. The molecule has 5 rings (SSSR count). The van der Waals surface area contributed by atoms with Gasteiger partial charge in [-0.3, -0.25) is 9.10 Å². The second kappa shape index (κ2) is 8.50. The van der Waals surface area contributed by atoms with E-state index >= 15 is 0 Å². The number of nitrogens with zero attached hydrogens (tertiary/aromatic N) is 4. The van der Waals surface area contributed by atoms with E-state index in [2.05, 4.69) is 20.1 Å². The number of anilines is 2. The summed E-state index contributed by atoms with van der Waals surface area (Å²) in [6.07, 6.45) is 5.79. The Morgan fingerprint density at radius 2 is 1.94 bits per heavy atom. The van der Waals surface area contributed by atoms with Crippen molar-refractivity contribution in [1.29, 1.82) is 0 Å². The molecule has 0 spiro atoms. The molecule has 1 atom stereocenters. The molecule has 2 aromatic carbocycles. The first kappa shape index (κ1) is 22.5. The van der Waals surface area contributed by atoms with Crippen molar-refractivity contribution in [2.75, 3.05) is 15.9 Å². The van der Waals surface area contributed by atoms with Crippen LogP contribution in [0.3, 0.4) is 0 Å². The van der Waals surface area contributed by atoms with Gasteiger partial charge >= 0.3 is 0 Å². The topological polar surface area (TPSA) is 97.2 Å². The Bertz CT molecular complexity index is 1390. The maximum Gasteiger partial charge on any atom is 0.255 e. The zero-order valence-corrected chi connectivity index (χ0v) is 19.9. The molecule has 0 aliphatic carbocycles. The van der Waals surface area contributed by atoms with Gasteiger partial charge in [0.25, 0.3) is 5.91 Å². The largest absolute Gasteiger partial charge is 0.319 e. The SMILES string of the molecule is CC1Cc2cc(C(=O)Nc3cc(-c4nnc5n4CCCCC5)ccc3F)ccc2N1S(C)(=O)=O. The van der Waals surface area contributed by atoms with Crippen LogP contribution < -0.4 is 9.62 Å². The highest BCUT2D eigenvalue weighted by atomic mass is 32.2. The number of rotatable bonds is 4. The minimum Gasteiger partial charge on any atom is -0.319 e. The number of carbonyl (C=O) groups is 1. The molecule has 0 saturated carbocycles. The first-order valence-electron chi connectivity index (χ1n) is 11.4. The highest BCUT2D eigenvalue weighted by molar-refractivity contribution is 7.92. The fourth-order valence-electron chi connectivity index (χ4n) is 4.90. The van der Waals surface area contributed by atoms with Gasteiger partial charge in [0.2, 0.25) is 10.0 Å². The predicted octanol–water partition coefficient (Wildman–Crippen LogP) is 3.77. The Morgan fingerprint density at radius 1 is 1.12 bits per heavy atom. The van der Waals surface area contributed by atoms with Crippen LogP contribution in [-0.2, 0) is 29.4 Å². The van der Waals surface area contributed by atoms with Crippen LogP contribution in [0.25, 0.3) is 11.4 Å². The van der Waals surface area contributed by atoms with E-state index in [4.69, 9.17) is 0 Å². The summed E-state index contributed by atoms with van der Waals surface area (Å²) in [6, 6.07) is 9.18. The van der Waals surface area contributed by atoms with Gasteiger partial charge in [0, 0.05) is 30.1 Å². The third-order valence-corrected chi connectivity index (χ3v) is 7.71. The van der Waals surface area contributed by atoms with Crippen molar-refractivity contribution < 1.29 is 17.6 Å². The van der Waals surface area contributed by atoms with Crippen LogP contribution in [0.15, 0.2) is 36.4 Å². The van der Waals surface area contributed by atoms with Crippen molar-refractivity contribution in [1.82, 2.24) is 14.8 Å². The van der Waals surface area contributed by atoms with Crippen LogP contribution in [0.4, 0.5) is 15.8 Å². The maximum atomic E-state index is 14.6. The molecule has 1 unspecified atom stereocenters. The van der Waals surface area contributed by atoms with Gasteiger partial charge in [-0.2, -0.15) is 0 Å². The zero-order valence-electron chi connectivity index (χ0n) is 19.1. The molecule has 0 bridgehead atoms. The summed E-state index contributed by atoms with van der Waals surface area (Å²) in [7, 11) is -3.42. The molecule has 3 aromatic rings. The smallest absolute Gasteiger partial charge is 0.255 e. The molecule has 34 heavy (non-hydrogen) atoms. The summed E-state index contributed by atoms with van der Waals surface area (Å²) in [6.45, 7) is 2.64. The standard InChI is InChI=1S/C24H26FN5O3S/c1-15-12-18-13-17(8-10-21(18)30(15)34(2,32)33)24(31)26-20-14-16(7-9-19(20)25)23-28-27-22-6-4-3-5-11-29(22)23/h7-10,13-15H,3-6,11-12H2,1-2H3,(H,26,31). The van der Waals surface area contributed by atoms with E-state index in [0.717, 1.165) is 43.6 Å². The molecule has 8 nitrogen and oxygen atoms in total. The minimum absolute atomic E-state index is 0.0556. The number of sulfonamides is 1. The summed E-state index contributed by atoms with van der Waals surface area (Å²) in [4.78, 5) is 13.0. The second-order valence-corrected chi connectivity index (χ2v) is 10.9. The molecule has 3 heterocycles. The minimum atomic E-state index is -3.42. The third kappa shape index (κ3) is 4.06. The molecule has 1 aromatic heterocycles. The molecular formula is C24H26FN5O3S. The van der Waals surface area contributed by atoms with Crippen LogP contribution in [0.2, 0.25) is 0 Å². The van der Waals surface area contributed by atoms with E-state index in [-0.39, 0.29) is 11.7 Å². The Morgan fingerprint density at radius 3 is 2.74 bits per heavy atom. The third-order valence-electron chi connectivity index (χ3n) is 6.43. The molecule has 0 saturated heterocycles. The van der Waals surface area contributed by atoms with Crippen LogP contribution in [0.5, 0.6) is 0 Å². The van der Waals surface area contributed by atoms with E-state index in [0.29, 0.717) is 29.1 Å². The van der Waals surface area contributed by atoms with E-state index in [1.54, 1.807) is 30.3 Å². The molecular weight excluding hydrogens is 457 g/mol. The van der Waals surface area contributed by atoms with E-state index in [9.17, 15) is 17.6 Å². The molecule has 2 aliphatic rings. The van der Waals surface area contributed by atoms with Crippen LogP contribution in [0.1, 0.15) is 47.9 Å². The number of carbonyl (C=O) groups excluding carboxylic acids is 1. The van der Waals surface area contributed by atoms with Gasteiger partial charge in [-0.05, 0) is 68.1 Å². The van der Waals surface area contributed by atoms with Gasteiger partial charge < -0.3 is 9.88 Å². The van der Waals surface area contributed by atoms with Gasteiger partial charge in [-0.25, -0.2) is 12.8 Å². The first-order valence-corrected chi connectivity index (χ1v) is 13.2. The number of hydrogen-bond acceptors (Lipinski definition) is 5. The Labute approximate surface area is 197 Å². The van der Waals surface area contributed by atoms with Gasteiger partial charge in [0.15, 0.2) is 5.82 Å². The van der Waals surface area contributed by atoms with Crippen molar-refractivity contribution in [3.63, 3.8) is 0 Å². The highest BCUT2D eigenvalue weighted by Gasteiger charge is 2.33. The van der Waals surface area contributed by atoms with Crippen LogP contribution >= 0.6 is 0 Å². The lowest BCUT2D eigenvalue weighted by Crippen LogP contribution is -2.34. The number of hydrogen-bond donors (Lipinski definition) is 1. The average Bonchev–Trinajstić information content (AvgIpc) is 3.25. The molecule has 1 N–H and O–H groups in total. The normalized spacial score (nSPS) is 17.7.